The minimum absolute atomic E-state index is 0.0999. The highest BCUT2D eigenvalue weighted by Crippen LogP contribution is 2.67. The van der Waals surface area contributed by atoms with Crippen molar-refractivity contribution in [3.63, 3.8) is 0 Å². The zero-order chi connectivity index (χ0) is 26.0. The first-order valence-electron chi connectivity index (χ1n) is 11.4. The Morgan fingerprint density at radius 3 is 2.30 bits per heavy atom. The standard InChI is InChI=1S/C26H21FN4O6/c1-24(27)25(37-23(33)16-10-6-3-7-11-16)19(35-22(32)15-8-4-2-5-9-15)20(25)36-26(24,34)18-13-12-17-21(28)29-14-30-31(17)18/h2-14,19-20,34H,1H3,(H2,28,29,30)/t19?,20-,24-,25-,26?/m1/s1. The van der Waals surface area contributed by atoms with Crippen LogP contribution in [0.5, 0.6) is 0 Å². The van der Waals surface area contributed by atoms with E-state index in [-0.39, 0.29) is 22.6 Å². The number of anilines is 1. The molecule has 0 amide bonds. The van der Waals surface area contributed by atoms with Gasteiger partial charge in [-0.3, -0.25) is 0 Å². The number of nitrogens with zero attached hydrogens (tertiary/aromatic N) is 3. The molecule has 0 bridgehead atoms. The van der Waals surface area contributed by atoms with Gasteiger partial charge in [0.2, 0.25) is 17.1 Å². The molecule has 1 aliphatic carbocycles. The molecule has 1 aliphatic heterocycles. The Hall–Kier alpha value is -4.35. The highest BCUT2D eigenvalue weighted by Gasteiger charge is 2.93. The van der Waals surface area contributed by atoms with E-state index >= 15 is 4.39 Å². The Labute approximate surface area is 209 Å². The minimum Gasteiger partial charge on any atom is -0.451 e. The monoisotopic (exact) mass is 504 g/mol. The van der Waals surface area contributed by atoms with Crippen LogP contribution >= 0.6 is 0 Å². The van der Waals surface area contributed by atoms with Crippen molar-refractivity contribution >= 4 is 23.3 Å². The zero-order valence-corrected chi connectivity index (χ0v) is 19.4. The molecule has 2 unspecified atom stereocenters. The molecule has 2 aromatic heterocycles. The molecule has 0 radical (unpaired) electrons. The van der Waals surface area contributed by atoms with Gasteiger partial charge in [-0.25, -0.2) is 23.5 Å². The Morgan fingerprint density at radius 2 is 1.65 bits per heavy atom. The van der Waals surface area contributed by atoms with E-state index in [2.05, 4.69) is 10.1 Å². The lowest BCUT2D eigenvalue weighted by atomic mass is 9.87. The topological polar surface area (TPSA) is 138 Å². The fourth-order valence-electron chi connectivity index (χ4n) is 4.96. The van der Waals surface area contributed by atoms with Crippen LogP contribution in [0.25, 0.3) is 5.52 Å². The van der Waals surface area contributed by atoms with Gasteiger partial charge in [0.15, 0.2) is 11.9 Å². The van der Waals surface area contributed by atoms with Gasteiger partial charge in [0.05, 0.1) is 11.1 Å². The number of carbonyl (C=O) groups is 2. The maximum absolute atomic E-state index is 17.0. The van der Waals surface area contributed by atoms with Crippen LogP contribution in [-0.2, 0) is 20.0 Å². The lowest BCUT2D eigenvalue weighted by Gasteiger charge is -2.37. The lowest BCUT2D eigenvalue weighted by Crippen LogP contribution is -2.56. The van der Waals surface area contributed by atoms with Crippen molar-refractivity contribution in [1.82, 2.24) is 14.6 Å². The molecular weight excluding hydrogens is 483 g/mol. The van der Waals surface area contributed by atoms with Crippen LogP contribution < -0.4 is 5.73 Å². The molecule has 6 rings (SSSR count). The van der Waals surface area contributed by atoms with Crippen LogP contribution in [0.2, 0.25) is 0 Å². The molecule has 11 heteroatoms. The maximum Gasteiger partial charge on any atom is 0.339 e. The van der Waals surface area contributed by atoms with E-state index in [0.717, 1.165) is 13.3 Å². The number of hydrogen-bond acceptors (Lipinski definition) is 9. The molecule has 0 spiro atoms. The molecule has 3 N–H and O–H groups in total. The number of alkyl halides is 1. The van der Waals surface area contributed by atoms with Crippen molar-refractivity contribution < 1.29 is 33.3 Å². The Kier molecular flexibility index (Phi) is 4.88. The number of aromatic nitrogens is 3. The molecule has 3 heterocycles. The third kappa shape index (κ3) is 3.11. The lowest BCUT2D eigenvalue weighted by molar-refractivity contribution is -0.278. The number of carbonyl (C=O) groups excluding carboxylic acids is 2. The molecule has 1 saturated carbocycles. The molecule has 37 heavy (non-hydrogen) atoms. The first-order chi connectivity index (χ1) is 17.7. The highest BCUT2D eigenvalue weighted by molar-refractivity contribution is 5.91. The summed E-state index contributed by atoms with van der Waals surface area (Å²) < 4.78 is 35.3. The summed E-state index contributed by atoms with van der Waals surface area (Å²) in [6.45, 7) is 1.03. The normalized spacial score (nSPS) is 30.0. The van der Waals surface area contributed by atoms with Crippen LogP contribution in [0.1, 0.15) is 33.3 Å². The van der Waals surface area contributed by atoms with Gasteiger partial charge in [0, 0.05) is 0 Å². The van der Waals surface area contributed by atoms with E-state index in [1.54, 1.807) is 36.4 Å². The number of ether oxygens (including phenoxy) is 3. The fraction of sp³-hybridized carbons (Fsp3) is 0.231. The number of fused-ring (bicyclic) bond motifs is 2. The average molecular weight is 504 g/mol. The molecule has 4 aromatic rings. The molecule has 2 aliphatic rings. The first-order valence-corrected chi connectivity index (χ1v) is 11.4. The Balaban J connectivity index is 1.40. The minimum atomic E-state index is -2.80. The summed E-state index contributed by atoms with van der Waals surface area (Å²) in [5.41, 5.74) is 1.52. The van der Waals surface area contributed by atoms with E-state index in [9.17, 15) is 14.7 Å². The second-order valence-electron chi connectivity index (χ2n) is 9.09. The number of rotatable bonds is 5. The molecule has 2 fully saturated rings. The third-order valence-electron chi connectivity index (χ3n) is 7.02. The molecule has 1 saturated heterocycles. The predicted molar refractivity (Wildman–Crippen MR) is 126 cm³/mol. The van der Waals surface area contributed by atoms with Crippen molar-refractivity contribution in [2.75, 3.05) is 5.73 Å². The molecule has 2 aromatic carbocycles. The smallest absolute Gasteiger partial charge is 0.339 e. The van der Waals surface area contributed by atoms with Gasteiger partial charge in [-0.2, -0.15) is 5.10 Å². The van der Waals surface area contributed by atoms with Crippen LogP contribution in [0.4, 0.5) is 10.2 Å². The largest absolute Gasteiger partial charge is 0.451 e. The van der Waals surface area contributed by atoms with Gasteiger partial charge in [-0.15, -0.1) is 0 Å². The fourth-order valence-corrected chi connectivity index (χ4v) is 4.96. The number of benzene rings is 2. The second-order valence-corrected chi connectivity index (χ2v) is 9.09. The van der Waals surface area contributed by atoms with Crippen molar-refractivity contribution in [3.05, 3.63) is 95.9 Å². The molecule has 5 atom stereocenters. The van der Waals surface area contributed by atoms with Crippen molar-refractivity contribution in [2.24, 2.45) is 0 Å². The summed E-state index contributed by atoms with van der Waals surface area (Å²) in [4.78, 5) is 29.8. The van der Waals surface area contributed by atoms with Gasteiger partial charge in [0.25, 0.3) is 0 Å². The van der Waals surface area contributed by atoms with Gasteiger partial charge in [-0.05, 0) is 43.3 Å². The van der Waals surface area contributed by atoms with Gasteiger partial charge in [0.1, 0.15) is 23.6 Å². The van der Waals surface area contributed by atoms with E-state index in [1.165, 1.54) is 40.9 Å². The highest BCUT2D eigenvalue weighted by atomic mass is 19.1. The van der Waals surface area contributed by atoms with Crippen LogP contribution in [0.3, 0.4) is 0 Å². The second kappa shape index (κ2) is 7.82. The van der Waals surface area contributed by atoms with E-state index in [4.69, 9.17) is 19.9 Å². The number of aliphatic hydroxyl groups is 1. The van der Waals surface area contributed by atoms with E-state index < -0.39 is 41.2 Å². The molecule has 10 nitrogen and oxygen atoms in total. The zero-order valence-electron chi connectivity index (χ0n) is 19.4. The SMILES string of the molecule is C[C@]1(F)C(O)(c2ccc3c(N)ncnn23)O[C@@H]2C(OC(=O)c3ccccc3)[C@@]21OC(=O)c1ccccc1. The van der Waals surface area contributed by atoms with E-state index in [0.29, 0.717) is 5.52 Å². The summed E-state index contributed by atoms with van der Waals surface area (Å²) in [6.07, 6.45) is -1.48. The summed E-state index contributed by atoms with van der Waals surface area (Å²) in [7, 11) is 0. The molecular formula is C26H21FN4O6. The number of nitrogens with two attached hydrogens (primary N) is 1. The van der Waals surface area contributed by atoms with Crippen molar-refractivity contribution in [1.29, 1.82) is 0 Å². The van der Waals surface area contributed by atoms with Gasteiger partial charge >= 0.3 is 11.9 Å². The van der Waals surface area contributed by atoms with Gasteiger partial charge < -0.3 is 25.1 Å². The molecule has 188 valence electrons. The predicted octanol–water partition coefficient (Wildman–Crippen LogP) is 2.42. The quantitative estimate of drug-likeness (QED) is 0.392. The van der Waals surface area contributed by atoms with Crippen molar-refractivity contribution in [3.8, 4) is 0 Å². The number of esters is 2. The van der Waals surface area contributed by atoms with Crippen LogP contribution in [0, 0.1) is 0 Å². The Morgan fingerprint density at radius 1 is 1.03 bits per heavy atom. The summed E-state index contributed by atoms with van der Waals surface area (Å²) in [5.74, 6) is -4.16. The average Bonchev–Trinajstić information content (AvgIpc) is 3.20. The number of hydrogen-bond donors (Lipinski definition) is 2. The first kappa shape index (κ1) is 23.1. The number of nitrogen functional groups attached to an aromatic ring is 1. The van der Waals surface area contributed by atoms with Crippen LogP contribution in [0.15, 0.2) is 79.1 Å². The van der Waals surface area contributed by atoms with Gasteiger partial charge in [-0.1, -0.05) is 36.4 Å². The summed E-state index contributed by atoms with van der Waals surface area (Å²) in [5, 5.41) is 15.7. The van der Waals surface area contributed by atoms with E-state index in [1.807, 2.05) is 0 Å². The van der Waals surface area contributed by atoms with Crippen molar-refractivity contribution in [2.45, 2.75) is 36.2 Å². The maximum atomic E-state index is 17.0. The third-order valence-corrected chi connectivity index (χ3v) is 7.02. The summed E-state index contributed by atoms with van der Waals surface area (Å²) >= 11 is 0. The summed E-state index contributed by atoms with van der Waals surface area (Å²) in [6, 6.07) is 18.9. The Bertz CT molecular complexity index is 1530. The number of halogens is 1. The van der Waals surface area contributed by atoms with Crippen LogP contribution in [-0.4, -0.2) is 55.1 Å².